The molecule has 0 aromatic heterocycles. The molecular weight excluding hydrogens is 449 g/mol. The first-order valence-electron chi connectivity index (χ1n) is 9.90. The van der Waals surface area contributed by atoms with E-state index in [1.807, 2.05) is 0 Å². The minimum Gasteiger partial charge on any atom is -0.480 e. The number of alkyl halides is 3. The number of carbonyl (C=O) groups excluding carboxylic acids is 2. The van der Waals surface area contributed by atoms with Crippen LogP contribution in [0.4, 0.5) is 23.7 Å². The average molecular weight is 470 g/mol. The molecule has 3 N–H and O–H groups in total. The molecule has 13 heteroatoms. The number of anilines is 1. The molecule has 3 amide bonds. The fourth-order valence-corrected chi connectivity index (χ4v) is 3.77. The van der Waals surface area contributed by atoms with Crippen LogP contribution in [0.2, 0.25) is 0 Å². The van der Waals surface area contributed by atoms with Crippen molar-refractivity contribution in [2.75, 3.05) is 44.2 Å². The van der Waals surface area contributed by atoms with Crippen molar-refractivity contribution >= 4 is 29.6 Å². The Labute approximate surface area is 185 Å². The molecule has 33 heavy (non-hydrogen) atoms. The maximum Gasteiger partial charge on any atom is 0.416 e. The lowest BCUT2D eigenvalue weighted by atomic mass is 10.1. The van der Waals surface area contributed by atoms with E-state index in [1.165, 1.54) is 21.9 Å². The van der Waals surface area contributed by atoms with Gasteiger partial charge in [0, 0.05) is 13.1 Å². The van der Waals surface area contributed by atoms with Gasteiger partial charge in [-0.2, -0.15) is 13.2 Å². The molecule has 0 atom stereocenters. The summed E-state index contributed by atoms with van der Waals surface area (Å²) in [6, 6.07) is 3.57. The lowest BCUT2D eigenvalue weighted by Gasteiger charge is -2.29. The average Bonchev–Trinajstić information content (AvgIpc) is 3.02. The van der Waals surface area contributed by atoms with Gasteiger partial charge in [-0.25, -0.2) is 4.79 Å². The van der Waals surface area contributed by atoms with Gasteiger partial charge in [0.2, 0.25) is 0 Å². The van der Waals surface area contributed by atoms with E-state index >= 15 is 0 Å². The van der Waals surface area contributed by atoms with Crippen LogP contribution < -0.4 is 10.2 Å². The van der Waals surface area contributed by atoms with E-state index in [0.717, 1.165) is 17.0 Å². The van der Waals surface area contributed by atoms with Crippen LogP contribution in [0.3, 0.4) is 0 Å². The number of nitrogens with zero attached hydrogens (tertiary/aromatic N) is 3. The number of amides is 3. The standard InChI is InChI=1S/C20H21F3N4O6/c21-20(22,23)12-3-1-4-13(7-12)27-15-9-26(18(32)14(15)8-24-19(27)33)6-2-5-25(10-16(28)29)11-17(30)31/h1,3-4,7H,2,5-6,8-11H2,(H,24,33)(H,28,29)(H,30,31). The zero-order valence-corrected chi connectivity index (χ0v) is 17.3. The molecule has 0 radical (unpaired) electrons. The van der Waals surface area contributed by atoms with Crippen LogP contribution in [-0.4, -0.2) is 83.2 Å². The molecule has 1 aromatic rings. The second kappa shape index (κ2) is 9.48. The van der Waals surface area contributed by atoms with Gasteiger partial charge in [-0.3, -0.25) is 24.2 Å². The van der Waals surface area contributed by atoms with E-state index in [9.17, 15) is 32.3 Å². The first kappa shape index (κ1) is 24.0. The molecule has 10 nitrogen and oxygen atoms in total. The van der Waals surface area contributed by atoms with Crippen molar-refractivity contribution in [3.63, 3.8) is 0 Å². The van der Waals surface area contributed by atoms with Gasteiger partial charge in [0.15, 0.2) is 0 Å². The quantitative estimate of drug-likeness (QED) is 0.494. The number of carbonyl (C=O) groups is 4. The summed E-state index contributed by atoms with van der Waals surface area (Å²) >= 11 is 0. The molecular formula is C20H21F3N4O6. The van der Waals surface area contributed by atoms with Crippen molar-refractivity contribution in [1.29, 1.82) is 0 Å². The number of hydrogen-bond donors (Lipinski definition) is 3. The van der Waals surface area contributed by atoms with Crippen LogP contribution in [-0.2, 0) is 20.6 Å². The molecule has 178 valence electrons. The molecule has 2 aliphatic rings. The van der Waals surface area contributed by atoms with Gasteiger partial charge in [-0.1, -0.05) is 6.07 Å². The van der Waals surface area contributed by atoms with Crippen molar-refractivity contribution in [3.05, 3.63) is 41.1 Å². The van der Waals surface area contributed by atoms with Gasteiger partial charge < -0.3 is 20.4 Å². The normalized spacial score (nSPS) is 16.4. The molecule has 0 unspecified atom stereocenters. The zero-order valence-electron chi connectivity index (χ0n) is 17.3. The number of halogens is 3. The molecule has 0 bridgehead atoms. The number of urea groups is 1. The molecule has 0 saturated carbocycles. The molecule has 0 fully saturated rings. The summed E-state index contributed by atoms with van der Waals surface area (Å²) in [5.74, 6) is -2.77. The Bertz CT molecular complexity index is 994. The van der Waals surface area contributed by atoms with E-state index in [4.69, 9.17) is 10.2 Å². The van der Waals surface area contributed by atoms with Crippen LogP contribution in [0, 0.1) is 0 Å². The smallest absolute Gasteiger partial charge is 0.416 e. The first-order valence-corrected chi connectivity index (χ1v) is 9.90. The van der Waals surface area contributed by atoms with E-state index in [-0.39, 0.29) is 49.6 Å². The maximum atomic E-state index is 13.1. The lowest BCUT2D eigenvalue weighted by Crippen LogP contribution is -2.45. The number of hydrogen-bond acceptors (Lipinski definition) is 5. The lowest BCUT2D eigenvalue weighted by molar-refractivity contribution is -0.142. The molecule has 3 rings (SSSR count). The van der Waals surface area contributed by atoms with Gasteiger partial charge in [0.05, 0.1) is 48.7 Å². The van der Waals surface area contributed by atoms with E-state index < -0.39 is 48.7 Å². The zero-order chi connectivity index (χ0) is 24.3. The van der Waals surface area contributed by atoms with Gasteiger partial charge in [-0.15, -0.1) is 0 Å². The summed E-state index contributed by atoms with van der Waals surface area (Å²) in [5.41, 5.74) is -0.437. The highest BCUT2D eigenvalue weighted by atomic mass is 19.4. The van der Waals surface area contributed by atoms with Crippen LogP contribution in [0.1, 0.15) is 12.0 Å². The van der Waals surface area contributed by atoms with Crippen molar-refractivity contribution in [3.8, 4) is 0 Å². The maximum absolute atomic E-state index is 13.1. The van der Waals surface area contributed by atoms with Crippen molar-refractivity contribution in [1.82, 2.24) is 15.1 Å². The molecule has 1 aromatic carbocycles. The second-order valence-electron chi connectivity index (χ2n) is 7.55. The summed E-state index contributed by atoms with van der Waals surface area (Å²) in [4.78, 5) is 50.7. The number of benzene rings is 1. The molecule has 0 spiro atoms. The highest BCUT2D eigenvalue weighted by Crippen LogP contribution is 2.35. The predicted molar refractivity (Wildman–Crippen MR) is 107 cm³/mol. The Balaban J connectivity index is 1.72. The number of nitrogens with one attached hydrogen (secondary N) is 1. The highest BCUT2D eigenvalue weighted by Gasteiger charge is 2.40. The van der Waals surface area contributed by atoms with Gasteiger partial charge in [0.1, 0.15) is 0 Å². The monoisotopic (exact) mass is 470 g/mol. The van der Waals surface area contributed by atoms with E-state index in [1.54, 1.807) is 0 Å². The fraction of sp³-hybridized carbons (Fsp3) is 0.400. The molecule has 0 saturated heterocycles. The summed E-state index contributed by atoms with van der Waals surface area (Å²) in [6.07, 6.45) is -4.34. The van der Waals surface area contributed by atoms with Crippen LogP contribution >= 0.6 is 0 Å². The van der Waals surface area contributed by atoms with Gasteiger partial charge in [0.25, 0.3) is 5.91 Å². The predicted octanol–water partition coefficient (Wildman–Crippen LogP) is 1.19. The van der Waals surface area contributed by atoms with E-state index in [2.05, 4.69) is 5.32 Å². The van der Waals surface area contributed by atoms with Crippen molar-refractivity contribution < 1.29 is 42.6 Å². The third-order valence-corrected chi connectivity index (χ3v) is 5.18. The summed E-state index contributed by atoms with van der Waals surface area (Å²) < 4.78 is 39.3. The molecule has 2 heterocycles. The Kier molecular flexibility index (Phi) is 6.91. The minimum atomic E-state index is -4.60. The SMILES string of the molecule is O=C(O)CN(CCCN1CC2=C(CNC(=O)N2c2cccc(C(F)(F)F)c2)C1=O)CC(=O)O. The molecule has 2 aliphatic heterocycles. The topological polar surface area (TPSA) is 130 Å². The summed E-state index contributed by atoms with van der Waals surface area (Å²) in [5, 5.41) is 20.3. The fourth-order valence-electron chi connectivity index (χ4n) is 3.77. The van der Waals surface area contributed by atoms with Gasteiger partial charge >= 0.3 is 24.1 Å². The molecule has 0 aliphatic carbocycles. The Hall–Kier alpha value is -3.61. The number of carboxylic acid groups (broad SMARTS) is 2. The van der Waals surface area contributed by atoms with E-state index in [0.29, 0.717) is 0 Å². The third kappa shape index (κ3) is 5.61. The number of aliphatic carboxylic acids is 2. The third-order valence-electron chi connectivity index (χ3n) is 5.18. The Morgan fingerprint density at radius 3 is 2.39 bits per heavy atom. The summed E-state index contributed by atoms with van der Waals surface area (Å²) in [6.45, 7) is -0.792. The largest absolute Gasteiger partial charge is 0.480 e. The Morgan fingerprint density at radius 1 is 1.12 bits per heavy atom. The highest BCUT2D eigenvalue weighted by molar-refractivity contribution is 6.06. The van der Waals surface area contributed by atoms with Crippen LogP contribution in [0.15, 0.2) is 35.5 Å². The number of carboxylic acids is 2. The summed E-state index contributed by atoms with van der Waals surface area (Å²) in [7, 11) is 0. The van der Waals surface area contributed by atoms with Crippen LogP contribution in [0.25, 0.3) is 0 Å². The van der Waals surface area contributed by atoms with Crippen molar-refractivity contribution in [2.45, 2.75) is 12.6 Å². The minimum absolute atomic E-state index is 0.0182. The van der Waals surface area contributed by atoms with Crippen LogP contribution in [0.5, 0.6) is 0 Å². The van der Waals surface area contributed by atoms with Crippen molar-refractivity contribution in [2.24, 2.45) is 0 Å². The second-order valence-corrected chi connectivity index (χ2v) is 7.55. The first-order chi connectivity index (χ1) is 15.5. The Morgan fingerprint density at radius 2 is 1.79 bits per heavy atom. The number of rotatable bonds is 9. The van der Waals surface area contributed by atoms with Gasteiger partial charge in [-0.05, 0) is 24.6 Å².